The SMILES string of the molecule is O=C(c1cccc(S(=O)(=O)Nc2ccc(Cl)cc2)c1)N1N=C2/C(=C/c3ccc([N+](=O)[O-])cc3)CCCC2C1c1ccc([N+](=O)[O-])cc1. The number of allylic oxidation sites excluding steroid dienone is 1. The van der Waals surface area contributed by atoms with Crippen molar-refractivity contribution in [2.24, 2.45) is 11.0 Å². The summed E-state index contributed by atoms with van der Waals surface area (Å²) >= 11 is 5.92. The fourth-order valence-corrected chi connectivity index (χ4v) is 7.08. The molecule has 12 nitrogen and oxygen atoms in total. The van der Waals surface area contributed by atoms with Gasteiger partial charge in [0, 0.05) is 46.5 Å². The Morgan fingerprint density at radius 1 is 0.915 bits per heavy atom. The van der Waals surface area contributed by atoms with Gasteiger partial charge in [0.05, 0.1) is 26.5 Å². The summed E-state index contributed by atoms with van der Waals surface area (Å²) in [4.78, 5) is 35.6. The summed E-state index contributed by atoms with van der Waals surface area (Å²) in [5, 5.41) is 29.1. The molecule has 6 rings (SSSR count). The Hall–Kier alpha value is -5.40. The predicted molar refractivity (Wildman–Crippen MR) is 177 cm³/mol. The number of hydrazone groups is 1. The van der Waals surface area contributed by atoms with Crippen LogP contribution < -0.4 is 4.72 Å². The first-order valence-electron chi connectivity index (χ1n) is 14.5. The summed E-state index contributed by atoms with van der Waals surface area (Å²) in [6.45, 7) is 0. The van der Waals surface area contributed by atoms with Crippen LogP contribution in [-0.4, -0.2) is 34.9 Å². The van der Waals surface area contributed by atoms with Crippen LogP contribution in [0.3, 0.4) is 0 Å². The lowest BCUT2D eigenvalue weighted by atomic mass is 9.77. The van der Waals surface area contributed by atoms with Crippen LogP contribution in [0.15, 0.2) is 113 Å². The van der Waals surface area contributed by atoms with Gasteiger partial charge in [-0.3, -0.25) is 29.7 Å². The number of nitro benzene ring substituents is 2. The third-order valence-electron chi connectivity index (χ3n) is 8.09. The first-order valence-corrected chi connectivity index (χ1v) is 16.4. The Balaban J connectivity index is 1.37. The van der Waals surface area contributed by atoms with Crippen molar-refractivity contribution in [2.45, 2.75) is 30.2 Å². The van der Waals surface area contributed by atoms with Crippen LogP contribution >= 0.6 is 11.6 Å². The molecular formula is C33H26ClN5O7S. The van der Waals surface area contributed by atoms with E-state index >= 15 is 0 Å². The minimum atomic E-state index is -4.07. The minimum Gasteiger partial charge on any atom is -0.280 e. The molecule has 4 aromatic carbocycles. The summed E-state index contributed by atoms with van der Waals surface area (Å²) in [6, 6.07) is 23.2. The molecule has 2 unspecified atom stereocenters. The largest absolute Gasteiger partial charge is 0.280 e. The molecule has 0 saturated heterocycles. The van der Waals surface area contributed by atoms with E-state index in [0.717, 1.165) is 17.6 Å². The molecule has 1 amide bonds. The molecule has 4 aromatic rings. The third-order valence-corrected chi connectivity index (χ3v) is 9.72. The first-order chi connectivity index (χ1) is 22.5. The summed E-state index contributed by atoms with van der Waals surface area (Å²) in [6.07, 6.45) is 4.01. The number of sulfonamides is 1. The Morgan fingerprint density at radius 3 is 2.19 bits per heavy atom. The zero-order valence-corrected chi connectivity index (χ0v) is 26.1. The summed E-state index contributed by atoms with van der Waals surface area (Å²) < 4.78 is 29.0. The minimum absolute atomic E-state index is 0.0329. The second-order valence-electron chi connectivity index (χ2n) is 11.1. The highest BCUT2D eigenvalue weighted by atomic mass is 35.5. The number of benzene rings is 4. The molecule has 0 bridgehead atoms. The second kappa shape index (κ2) is 12.8. The highest BCUT2D eigenvalue weighted by molar-refractivity contribution is 7.92. The maximum atomic E-state index is 14.2. The molecule has 2 atom stereocenters. The first kappa shape index (κ1) is 31.6. The Morgan fingerprint density at radius 2 is 1.55 bits per heavy atom. The van der Waals surface area contributed by atoms with Crippen molar-refractivity contribution in [2.75, 3.05) is 4.72 Å². The molecule has 1 aliphatic carbocycles. The van der Waals surface area contributed by atoms with Gasteiger partial charge in [0.1, 0.15) is 0 Å². The van der Waals surface area contributed by atoms with Crippen LogP contribution in [0.2, 0.25) is 5.02 Å². The molecule has 1 saturated carbocycles. The van der Waals surface area contributed by atoms with Gasteiger partial charge in [0.15, 0.2) is 0 Å². The van der Waals surface area contributed by atoms with Gasteiger partial charge in [-0.25, -0.2) is 13.4 Å². The number of amides is 1. The van der Waals surface area contributed by atoms with Gasteiger partial charge in [-0.1, -0.05) is 29.8 Å². The number of non-ortho nitro benzene ring substituents is 2. The zero-order chi connectivity index (χ0) is 33.3. The highest BCUT2D eigenvalue weighted by Crippen LogP contribution is 2.45. The number of rotatable bonds is 8. The number of anilines is 1. The molecule has 2 aliphatic rings. The van der Waals surface area contributed by atoms with Crippen molar-refractivity contribution < 1.29 is 23.1 Å². The summed E-state index contributed by atoms with van der Waals surface area (Å²) in [5.74, 6) is -0.801. The highest BCUT2D eigenvalue weighted by Gasteiger charge is 2.44. The van der Waals surface area contributed by atoms with E-state index in [4.69, 9.17) is 16.7 Å². The van der Waals surface area contributed by atoms with Crippen LogP contribution in [-0.2, 0) is 10.0 Å². The van der Waals surface area contributed by atoms with Crippen molar-refractivity contribution in [3.63, 3.8) is 0 Å². The van der Waals surface area contributed by atoms with Crippen molar-refractivity contribution in [1.82, 2.24) is 5.01 Å². The van der Waals surface area contributed by atoms with Gasteiger partial charge in [-0.05, 0) is 96.6 Å². The maximum Gasteiger partial charge on any atom is 0.274 e. The number of carbonyl (C=O) groups excluding carboxylic acids is 1. The van der Waals surface area contributed by atoms with Crippen LogP contribution in [0.4, 0.5) is 17.1 Å². The number of nitrogens with zero attached hydrogens (tertiary/aromatic N) is 4. The third kappa shape index (κ3) is 6.62. The molecule has 0 radical (unpaired) electrons. The van der Waals surface area contributed by atoms with E-state index in [1.54, 1.807) is 36.4 Å². The smallest absolute Gasteiger partial charge is 0.274 e. The van der Waals surface area contributed by atoms with Crippen molar-refractivity contribution in [1.29, 1.82) is 0 Å². The number of fused-ring (bicyclic) bond motifs is 1. The van der Waals surface area contributed by atoms with E-state index in [9.17, 15) is 33.4 Å². The fourth-order valence-electron chi connectivity index (χ4n) is 5.85. The normalized spacial score (nSPS) is 18.4. The van der Waals surface area contributed by atoms with Gasteiger partial charge in [0.25, 0.3) is 27.3 Å². The lowest BCUT2D eigenvalue weighted by molar-refractivity contribution is -0.385. The van der Waals surface area contributed by atoms with Crippen LogP contribution in [0, 0.1) is 26.1 Å². The molecule has 0 spiro atoms. The molecule has 238 valence electrons. The van der Waals surface area contributed by atoms with Crippen molar-refractivity contribution in [3.8, 4) is 0 Å². The maximum absolute atomic E-state index is 14.2. The summed E-state index contributed by atoms with van der Waals surface area (Å²) in [5.41, 5.74) is 3.15. The molecule has 47 heavy (non-hydrogen) atoms. The van der Waals surface area contributed by atoms with Gasteiger partial charge < -0.3 is 0 Å². The van der Waals surface area contributed by atoms with Gasteiger partial charge in [-0.15, -0.1) is 0 Å². The standard InChI is InChI=1S/C33H26ClN5O7S/c34-25-11-13-26(14-12-25)36-47(45,46)29-5-1-4-24(20-29)33(40)37-32(22-9-17-28(18-10-22)39(43)44)30-6-2-3-23(31(30)35-37)19-21-7-15-27(16-8-21)38(41)42/h1,4-5,7-20,30,32,36H,2-3,6H2/b23-19+. The number of hydrogen-bond donors (Lipinski definition) is 1. The van der Waals surface area contributed by atoms with Crippen LogP contribution in [0.5, 0.6) is 0 Å². The number of halogens is 1. The number of carbonyl (C=O) groups is 1. The van der Waals surface area contributed by atoms with Crippen LogP contribution in [0.1, 0.15) is 46.8 Å². The van der Waals surface area contributed by atoms with Gasteiger partial charge >= 0.3 is 0 Å². The van der Waals surface area contributed by atoms with E-state index < -0.39 is 31.8 Å². The Kier molecular flexibility index (Phi) is 8.58. The monoisotopic (exact) mass is 671 g/mol. The molecule has 14 heteroatoms. The number of hydrogen-bond acceptors (Lipinski definition) is 8. The van der Waals surface area contributed by atoms with E-state index in [1.807, 2.05) is 6.08 Å². The fraction of sp³-hybridized carbons (Fsp3) is 0.152. The molecule has 1 fully saturated rings. The summed E-state index contributed by atoms with van der Waals surface area (Å²) in [7, 11) is -4.07. The second-order valence-corrected chi connectivity index (χ2v) is 13.2. The van der Waals surface area contributed by atoms with E-state index in [0.29, 0.717) is 34.8 Å². The van der Waals surface area contributed by atoms with Gasteiger partial charge in [0.2, 0.25) is 0 Å². The Bertz CT molecular complexity index is 2050. The average Bonchev–Trinajstić information content (AvgIpc) is 3.46. The van der Waals surface area contributed by atoms with Gasteiger partial charge in [-0.2, -0.15) is 5.10 Å². The molecule has 0 aromatic heterocycles. The zero-order valence-electron chi connectivity index (χ0n) is 24.5. The lowest BCUT2D eigenvalue weighted by Gasteiger charge is -2.29. The average molecular weight is 672 g/mol. The molecule has 1 heterocycles. The predicted octanol–water partition coefficient (Wildman–Crippen LogP) is 7.39. The van der Waals surface area contributed by atoms with Crippen molar-refractivity contribution in [3.05, 3.63) is 145 Å². The van der Waals surface area contributed by atoms with E-state index in [1.165, 1.54) is 65.7 Å². The van der Waals surface area contributed by atoms with E-state index in [2.05, 4.69) is 4.72 Å². The molecular weight excluding hydrogens is 646 g/mol. The lowest BCUT2D eigenvalue weighted by Crippen LogP contribution is -2.32. The Labute approximate surface area is 274 Å². The number of nitrogens with one attached hydrogen (secondary N) is 1. The van der Waals surface area contributed by atoms with Crippen molar-refractivity contribution >= 4 is 56.4 Å². The number of nitro groups is 2. The molecule has 1 aliphatic heterocycles. The topological polar surface area (TPSA) is 165 Å². The van der Waals surface area contributed by atoms with E-state index in [-0.39, 0.29) is 27.8 Å². The quantitative estimate of drug-likeness (QED) is 0.151. The molecule has 1 N–H and O–H groups in total. The van der Waals surface area contributed by atoms with Crippen LogP contribution in [0.25, 0.3) is 6.08 Å².